The van der Waals surface area contributed by atoms with Gasteiger partial charge in [-0.25, -0.2) is 4.79 Å². The zero-order chi connectivity index (χ0) is 16.1. The first-order chi connectivity index (χ1) is 10.5. The molecule has 8 heteroatoms. The van der Waals surface area contributed by atoms with Gasteiger partial charge in [0.1, 0.15) is 5.75 Å². The molecule has 1 aromatic rings. The van der Waals surface area contributed by atoms with Gasteiger partial charge in [0.15, 0.2) is 0 Å². The molecule has 2 rings (SSSR count). The van der Waals surface area contributed by atoms with Gasteiger partial charge < -0.3 is 15.4 Å². The van der Waals surface area contributed by atoms with E-state index in [9.17, 15) is 18.4 Å². The number of benzene rings is 1. The summed E-state index contributed by atoms with van der Waals surface area (Å²) in [7, 11) is 0. The number of carbonyl (C=O) groups excluding carboxylic acids is 2. The van der Waals surface area contributed by atoms with Crippen molar-refractivity contribution in [1.82, 2.24) is 15.5 Å². The summed E-state index contributed by atoms with van der Waals surface area (Å²) in [4.78, 5) is 24.4. The summed E-state index contributed by atoms with van der Waals surface area (Å²) in [6.07, 6.45) is 0. The van der Waals surface area contributed by atoms with Crippen molar-refractivity contribution in [3.05, 3.63) is 29.8 Å². The molecule has 1 fully saturated rings. The lowest BCUT2D eigenvalue weighted by atomic mass is 10.1. The minimum Gasteiger partial charge on any atom is -0.435 e. The van der Waals surface area contributed by atoms with Gasteiger partial charge in [-0.3, -0.25) is 9.69 Å². The number of hydrogen-bond donors (Lipinski definition) is 2. The van der Waals surface area contributed by atoms with Gasteiger partial charge in [-0.05, 0) is 24.6 Å². The summed E-state index contributed by atoms with van der Waals surface area (Å²) >= 11 is 0. The Labute approximate surface area is 126 Å². The van der Waals surface area contributed by atoms with Crippen molar-refractivity contribution in [2.45, 2.75) is 19.6 Å². The monoisotopic (exact) mass is 313 g/mol. The molecule has 1 unspecified atom stereocenters. The maximum Gasteiger partial charge on any atom is 0.387 e. The largest absolute Gasteiger partial charge is 0.435 e. The molecule has 0 bridgehead atoms. The van der Waals surface area contributed by atoms with Crippen LogP contribution in [0.2, 0.25) is 0 Å². The first-order valence-corrected chi connectivity index (χ1v) is 6.83. The summed E-state index contributed by atoms with van der Waals surface area (Å²) in [5.74, 6) is -0.227. The third kappa shape index (κ3) is 4.14. The summed E-state index contributed by atoms with van der Waals surface area (Å²) in [6.45, 7) is -0.172. The van der Waals surface area contributed by atoms with Gasteiger partial charge in [-0.2, -0.15) is 8.78 Å². The molecule has 2 N–H and O–H groups in total. The fraction of sp³-hybridized carbons (Fsp3) is 0.429. The third-order valence-electron chi connectivity index (χ3n) is 3.32. The molecule has 1 atom stereocenters. The highest BCUT2D eigenvalue weighted by Gasteiger charge is 2.25. The molecule has 0 spiro atoms. The van der Waals surface area contributed by atoms with Gasteiger partial charge in [-0.15, -0.1) is 0 Å². The first-order valence-electron chi connectivity index (χ1n) is 6.83. The van der Waals surface area contributed by atoms with Gasteiger partial charge in [0, 0.05) is 19.1 Å². The Morgan fingerprint density at radius 2 is 2.09 bits per heavy atom. The summed E-state index contributed by atoms with van der Waals surface area (Å²) < 4.78 is 28.4. The van der Waals surface area contributed by atoms with Crippen molar-refractivity contribution in [3.8, 4) is 5.75 Å². The van der Waals surface area contributed by atoms with E-state index in [2.05, 4.69) is 15.4 Å². The van der Waals surface area contributed by atoms with Crippen molar-refractivity contribution < 1.29 is 23.1 Å². The number of imide groups is 1. The lowest BCUT2D eigenvalue weighted by molar-refractivity contribution is -0.126. The molecular formula is C14H17F2N3O3. The Kier molecular flexibility index (Phi) is 5.26. The second-order valence-corrected chi connectivity index (χ2v) is 4.83. The average molecular weight is 313 g/mol. The van der Waals surface area contributed by atoms with Gasteiger partial charge in [0.2, 0.25) is 5.91 Å². The molecule has 0 aromatic heterocycles. The van der Waals surface area contributed by atoms with Crippen molar-refractivity contribution >= 4 is 11.9 Å². The van der Waals surface area contributed by atoms with Crippen molar-refractivity contribution in [3.63, 3.8) is 0 Å². The number of rotatable bonds is 6. The van der Waals surface area contributed by atoms with E-state index in [0.717, 1.165) is 10.5 Å². The van der Waals surface area contributed by atoms with Crippen LogP contribution in [0.3, 0.4) is 0 Å². The van der Waals surface area contributed by atoms with Crippen LogP contribution in [-0.4, -0.2) is 43.1 Å². The Morgan fingerprint density at radius 3 is 2.64 bits per heavy atom. The highest BCUT2D eigenvalue weighted by Crippen LogP contribution is 2.19. The molecule has 0 radical (unpaired) electrons. The van der Waals surface area contributed by atoms with Crippen molar-refractivity contribution in [1.29, 1.82) is 0 Å². The number of urea groups is 1. The molecular weight excluding hydrogens is 296 g/mol. The van der Waals surface area contributed by atoms with Gasteiger partial charge in [0.25, 0.3) is 0 Å². The minimum atomic E-state index is -2.86. The topological polar surface area (TPSA) is 70.7 Å². The number of alkyl halides is 2. The normalized spacial score (nSPS) is 15.8. The van der Waals surface area contributed by atoms with Gasteiger partial charge >= 0.3 is 12.6 Å². The molecule has 1 aromatic carbocycles. The summed E-state index contributed by atoms with van der Waals surface area (Å²) in [5, 5.41) is 5.55. The predicted octanol–water partition coefficient (Wildman–Crippen LogP) is 1.49. The van der Waals surface area contributed by atoms with Crippen LogP contribution in [0.25, 0.3) is 0 Å². The molecule has 1 aliphatic heterocycles. The zero-order valence-corrected chi connectivity index (χ0v) is 12.0. The van der Waals surface area contributed by atoms with Crippen LogP contribution in [0, 0.1) is 0 Å². The number of hydrogen-bond acceptors (Lipinski definition) is 4. The third-order valence-corrected chi connectivity index (χ3v) is 3.32. The summed E-state index contributed by atoms with van der Waals surface area (Å²) in [6, 6.07) is 5.61. The number of halogens is 2. The second-order valence-electron chi connectivity index (χ2n) is 4.83. The Hall–Kier alpha value is -2.22. The Morgan fingerprint density at radius 1 is 1.41 bits per heavy atom. The van der Waals surface area contributed by atoms with Crippen LogP contribution in [-0.2, 0) is 4.79 Å². The number of ether oxygens (including phenoxy) is 1. The standard InChI is InChI=1S/C14H17F2N3O3/c1-9(10-2-4-11(5-3-10)22-13(15)16)18-8-12(20)19-7-6-17-14(19)21/h2-5,9,13,18H,6-8H2,1H3,(H,17,21). The van der Waals surface area contributed by atoms with E-state index in [1.807, 2.05) is 6.92 Å². The number of nitrogens with zero attached hydrogens (tertiary/aromatic N) is 1. The van der Waals surface area contributed by atoms with Crippen LogP contribution >= 0.6 is 0 Å². The van der Waals surface area contributed by atoms with E-state index in [0.29, 0.717) is 13.1 Å². The molecule has 120 valence electrons. The molecule has 22 heavy (non-hydrogen) atoms. The zero-order valence-electron chi connectivity index (χ0n) is 12.0. The van der Waals surface area contributed by atoms with E-state index >= 15 is 0 Å². The molecule has 1 aliphatic rings. The van der Waals surface area contributed by atoms with Crippen molar-refractivity contribution in [2.24, 2.45) is 0 Å². The molecule has 1 heterocycles. The lowest BCUT2D eigenvalue weighted by Gasteiger charge is -2.17. The van der Waals surface area contributed by atoms with E-state index in [4.69, 9.17) is 0 Å². The molecule has 6 nitrogen and oxygen atoms in total. The van der Waals surface area contributed by atoms with Crippen LogP contribution in [0.4, 0.5) is 13.6 Å². The van der Waals surface area contributed by atoms with Crippen LogP contribution in [0.1, 0.15) is 18.5 Å². The molecule has 0 aliphatic carbocycles. The fourth-order valence-electron chi connectivity index (χ4n) is 2.10. The SMILES string of the molecule is CC(NCC(=O)N1CCNC1=O)c1ccc(OC(F)F)cc1. The fourth-order valence-corrected chi connectivity index (χ4v) is 2.10. The quantitative estimate of drug-likeness (QED) is 0.835. The van der Waals surface area contributed by atoms with E-state index < -0.39 is 6.61 Å². The minimum absolute atomic E-state index is 0.0177. The Bertz CT molecular complexity index is 537. The van der Waals surface area contributed by atoms with E-state index in [-0.39, 0.29) is 30.3 Å². The average Bonchev–Trinajstić information content (AvgIpc) is 2.91. The van der Waals surface area contributed by atoms with Crippen LogP contribution in [0.5, 0.6) is 5.75 Å². The Balaban J connectivity index is 1.85. The molecule has 0 saturated carbocycles. The maximum atomic E-state index is 12.1. The molecule has 3 amide bonds. The predicted molar refractivity (Wildman–Crippen MR) is 74.6 cm³/mol. The maximum absolute atomic E-state index is 12.1. The summed E-state index contributed by atoms with van der Waals surface area (Å²) in [5.41, 5.74) is 0.820. The van der Waals surface area contributed by atoms with Gasteiger partial charge in [-0.1, -0.05) is 12.1 Å². The van der Waals surface area contributed by atoms with Crippen LogP contribution < -0.4 is 15.4 Å². The number of nitrogens with one attached hydrogen (secondary N) is 2. The van der Waals surface area contributed by atoms with E-state index in [1.165, 1.54) is 12.1 Å². The molecule has 1 saturated heterocycles. The second kappa shape index (κ2) is 7.17. The van der Waals surface area contributed by atoms with Crippen LogP contribution in [0.15, 0.2) is 24.3 Å². The lowest BCUT2D eigenvalue weighted by Crippen LogP contribution is -2.40. The van der Waals surface area contributed by atoms with Gasteiger partial charge in [0.05, 0.1) is 6.54 Å². The van der Waals surface area contributed by atoms with Crippen molar-refractivity contribution in [2.75, 3.05) is 19.6 Å². The smallest absolute Gasteiger partial charge is 0.387 e. The number of carbonyl (C=O) groups is 2. The van der Waals surface area contributed by atoms with E-state index in [1.54, 1.807) is 12.1 Å². The highest BCUT2D eigenvalue weighted by molar-refractivity contribution is 5.96. The number of amides is 3. The highest BCUT2D eigenvalue weighted by atomic mass is 19.3. The first kappa shape index (κ1) is 16.2.